The standard InChI is InChI=1S/C20H18FN3O/c1-14-5-7-15(8-6-14)13-23-17-9-10-22-19(12-17)20(25)24-18-4-2-3-16(21)11-18/h2-12H,13H2,1H3,(H,22,23)(H,24,25). The number of benzene rings is 2. The lowest BCUT2D eigenvalue weighted by Gasteiger charge is -2.09. The molecule has 0 unspecified atom stereocenters. The van der Waals surface area contributed by atoms with Gasteiger partial charge < -0.3 is 10.6 Å². The molecule has 0 bridgehead atoms. The Bertz CT molecular complexity index is 878. The van der Waals surface area contributed by atoms with Gasteiger partial charge in [-0.3, -0.25) is 9.78 Å². The van der Waals surface area contributed by atoms with Gasteiger partial charge in [0.05, 0.1) is 0 Å². The molecule has 0 saturated heterocycles. The zero-order valence-electron chi connectivity index (χ0n) is 13.8. The third kappa shape index (κ3) is 4.64. The van der Waals surface area contributed by atoms with E-state index in [2.05, 4.69) is 39.9 Å². The van der Waals surface area contributed by atoms with Crippen LogP contribution in [0.5, 0.6) is 0 Å². The zero-order valence-corrected chi connectivity index (χ0v) is 13.8. The lowest BCUT2D eigenvalue weighted by atomic mass is 10.1. The van der Waals surface area contributed by atoms with E-state index in [9.17, 15) is 9.18 Å². The molecule has 5 heteroatoms. The minimum Gasteiger partial charge on any atom is -0.381 e. The van der Waals surface area contributed by atoms with Gasteiger partial charge in [0.15, 0.2) is 0 Å². The Balaban J connectivity index is 1.66. The van der Waals surface area contributed by atoms with Gasteiger partial charge >= 0.3 is 0 Å². The second kappa shape index (κ2) is 7.57. The number of rotatable bonds is 5. The summed E-state index contributed by atoms with van der Waals surface area (Å²) in [6, 6.07) is 17.4. The summed E-state index contributed by atoms with van der Waals surface area (Å²) in [5.74, 6) is -0.788. The van der Waals surface area contributed by atoms with Crippen molar-refractivity contribution in [3.63, 3.8) is 0 Å². The first-order valence-corrected chi connectivity index (χ1v) is 7.92. The molecule has 25 heavy (non-hydrogen) atoms. The number of aryl methyl sites for hydroxylation is 1. The number of nitrogens with zero attached hydrogens (tertiary/aromatic N) is 1. The number of carbonyl (C=O) groups excluding carboxylic acids is 1. The molecule has 0 radical (unpaired) electrons. The number of hydrogen-bond donors (Lipinski definition) is 2. The fourth-order valence-corrected chi connectivity index (χ4v) is 2.34. The van der Waals surface area contributed by atoms with Crippen molar-refractivity contribution in [1.82, 2.24) is 4.98 Å². The van der Waals surface area contributed by atoms with Crippen molar-refractivity contribution in [2.75, 3.05) is 10.6 Å². The third-order valence-electron chi connectivity index (χ3n) is 3.69. The first-order valence-electron chi connectivity index (χ1n) is 7.92. The summed E-state index contributed by atoms with van der Waals surface area (Å²) in [6.45, 7) is 2.69. The summed E-state index contributed by atoms with van der Waals surface area (Å²) in [4.78, 5) is 16.3. The first-order chi connectivity index (χ1) is 12.1. The summed E-state index contributed by atoms with van der Waals surface area (Å²) in [6.07, 6.45) is 1.57. The Morgan fingerprint density at radius 2 is 1.84 bits per heavy atom. The van der Waals surface area contributed by atoms with Gasteiger partial charge in [0.1, 0.15) is 11.5 Å². The smallest absolute Gasteiger partial charge is 0.274 e. The van der Waals surface area contributed by atoms with E-state index in [1.165, 1.54) is 23.8 Å². The highest BCUT2D eigenvalue weighted by atomic mass is 19.1. The fourth-order valence-electron chi connectivity index (χ4n) is 2.34. The molecule has 0 saturated carbocycles. The molecule has 0 aliphatic carbocycles. The largest absolute Gasteiger partial charge is 0.381 e. The van der Waals surface area contributed by atoms with Crippen molar-refractivity contribution < 1.29 is 9.18 Å². The van der Waals surface area contributed by atoms with E-state index in [1.807, 2.05) is 6.92 Å². The zero-order chi connectivity index (χ0) is 17.6. The predicted molar refractivity (Wildman–Crippen MR) is 97.1 cm³/mol. The van der Waals surface area contributed by atoms with Crippen LogP contribution in [0.1, 0.15) is 21.6 Å². The number of halogens is 1. The van der Waals surface area contributed by atoms with Crippen LogP contribution in [0.2, 0.25) is 0 Å². The highest BCUT2D eigenvalue weighted by Crippen LogP contribution is 2.14. The van der Waals surface area contributed by atoms with Gasteiger partial charge in [-0.15, -0.1) is 0 Å². The van der Waals surface area contributed by atoms with Gasteiger partial charge in [0.2, 0.25) is 0 Å². The average molecular weight is 335 g/mol. The average Bonchev–Trinajstić information content (AvgIpc) is 2.61. The molecule has 1 heterocycles. The number of pyridine rings is 1. The number of aromatic nitrogens is 1. The molecular formula is C20H18FN3O. The number of carbonyl (C=O) groups is 1. The van der Waals surface area contributed by atoms with Gasteiger partial charge in [-0.2, -0.15) is 0 Å². The SMILES string of the molecule is Cc1ccc(CNc2ccnc(C(=O)Nc3cccc(F)c3)c2)cc1. The molecule has 0 atom stereocenters. The van der Waals surface area contributed by atoms with Crippen molar-refractivity contribution in [3.8, 4) is 0 Å². The molecule has 1 amide bonds. The quantitative estimate of drug-likeness (QED) is 0.727. The molecule has 1 aromatic heterocycles. The Morgan fingerprint density at radius 1 is 1.04 bits per heavy atom. The van der Waals surface area contributed by atoms with Gasteiger partial charge in [0, 0.05) is 24.1 Å². The van der Waals surface area contributed by atoms with Crippen LogP contribution < -0.4 is 10.6 Å². The Labute approximate surface area is 145 Å². The minimum atomic E-state index is -0.403. The molecule has 4 nitrogen and oxygen atoms in total. The number of anilines is 2. The van der Waals surface area contributed by atoms with Crippen LogP contribution in [-0.2, 0) is 6.54 Å². The second-order valence-electron chi connectivity index (χ2n) is 5.73. The van der Waals surface area contributed by atoms with Crippen LogP contribution in [-0.4, -0.2) is 10.9 Å². The maximum Gasteiger partial charge on any atom is 0.274 e. The van der Waals surface area contributed by atoms with Gasteiger partial charge in [0.25, 0.3) is 5.91 Å². The van der Waals surface area contributed by atoms with E-state index in [4.69, 9.17) is 0 Å². The molecule has 2 aromatic carbocycles. The molecule has 0 spiro atoms. The van der Waals surface area contributed by atoms with Gasteiger partial charge in [-0.05, 0) is 42.8 Å². The molecule has 0 aliphatic rings. The molecule has 126 valence electrons. The van der Waals surface area contributed by atoms with Crippen molar-refractivity contribution in [2.45, 2.75) is 13.5 Å². The van der Waals surface area contributed by atoms with Crippen LogP contribution >= 0.6 is 0 Å². The fraction of sp³-hybridized carbons (Fsp3) is 0.100. The molecule has 2 N–H and O–H groups in total. The summed E-state index contributed by atoms with van der Waals surface area (Å²) >= 11 is 0. The van der Waals surface area contributed by atoms with Crippen LogP contribution in [0.15, 0.2) is 66.9 Å². The Hall–Kier alpha value is -3.21. The van der Waals surface area contributed by atoms with E-state index >= 15 is 0 Å². The molecule has 3 aromatic rings. The number of amides is 1. The van der Waals surface area contributed by atoms with Crippen LogP contribution in [0.3, 0.4) is 0 Å². The van der Waals surface area contributed by atoms with Crippen LogP contribution in [0.25, 0.3) is 0 Å². The number of nitrogens with one attached hydrogen (secondary N) is 2. The normalized spacial score (nSPS) is 10.3. The molecule has 0 fully saturated rings. The van der Waals surface area contributed by atoms with Crippen molar-refractivity contribution in [1.29, 1.82) is 0 Å². The topological polar surface area (TPSA) is 54.0 Å². The van der Waals surface area contributed by atoms with E-state index in [1.54, 1.807) is 24.4 Å². The summed E-state index contributed by atoms with van der Waals surface area (Å²) < 4.78 is 13.2. The Kier molecular flexibility index (Phi) is 5.04. The first kappa shape index (κ1) is 16.6. The molecular weight excluding hydrogens is 317 g/mol. The van der Waals surface area contributed by atoms with Crippen LogP contribution in [0.4, 0.5) is 15.8 Å². The van der Waals surface area contributed by atoms with Crippen molar-refractivity contribution in [3.05, 3.63) is 89.5 Å². The van der Waals surface area contributed by atoms with Crippen molar-refractivity contribution >= 4 is 17.3 Å². The highest BCUT2D eigenvalue weighted by molar-refractivity contribution is 6.03. The predicted octanol–water partition coefficient (Wildman–Crippen LogP) is 4.39. The van der Waals surface area contributed by atoms with E-state index < -0.39 is 5.82 Å². The van der Waals surface area contributed by atoms with E-state index in [0.717, 1.165) is 11.3 Å². The van der Waals surface area contributed by atoms with Crippen molar-refractivity contribution in [2.24, 2.45) is 0 Å². The van der Waals surface area contributed by atoms with E-state index in [0.29, 0.717) is 12.2 Å². The highest BCUT2D eigenvalue weighted by Gasteiger charge is 2.09. The monoisotopic (exact) mass is 335 g/mol. The lowest BCUT2D eigenvalue weighted by molar-refractivity contribution is 0.102. The number of hydrogen-bond acceptors (Lipinski definition) is 3. The molecule has 3 rings (SSSR count). The summed E-state index contributed by atoms with van der Waals surface area (Å²) in [5.41, 5.74) is 3.81. The molecule has 0 aliphatic heterocycles. The van der Waals surface area contributed by atoms with Gasteiger partial charge in [-0.25, -0.2) is 4.39 Å². The maximum atomic E-state index is 13.2. The Morgan fingerprint density at radius 3 is 2.60 bits per heavy atom. The second-order valence-corrected chi connectivity index (χ2v) is 5.73. The lowest BCUT2D eigenvalue weighted by Crippen LogP contribution is -2.14. The minimum absolute atomic E-state index is 0.262. The van der Waals surface area contributed by atoms with Gasteiger partial charge in [-0.1, -0.05) is 35.9 Å². The maximum absolute atomic E-state index is 13.2. The third-order valence-corrected chi connectivity index (χ3v) is 3.69. The summed E-state index contributed by atoms with van der Waals surface area (Å²) in [5, 5.41) is 5.91. The summed E-state index contributed by atoms with van der Waals surface area (Å²) in [7, 11) is 0. The van der Waals surface area contributed by atoms with E-state index in [-0.39, 0.29) is 11.6 Å². The van der Waals surface area contributed by atoms with Crippen LogP contribution in [0, 0.1) is 12.7 Å².